The van der Waals surface area contributed by atoms with E-state index in [1.54, 1.807) is 0 Å². The molecule has 0 aliphatic rings. The monoisotopic (exact) mass is 689 g/mol. The number of carbonyl (C=O) groups excluding carboxylic acids is 1. The molecule has 0 bridgehead atoms. The molecule has 280 valence electrons. The van der Waals surface area contributed by atoms with Crippen molar-refractivity contribution in [1.82, 2.24) is 5.32 Å². The topological polar surface area (TPSA) is 108 Å². The molecule has 0 aromatic rings. The number of rotatable bonds is 35. The Morgan fingerprint density at radius 3 is 1.72 bits per heavy atom. The molecular weight excluding hydrogens is 611 g/mol. The SMILES string of the molecule is CCCC/C=C\CCCCCCCC(=O)NC(COP(=O)([O-])OCC[N+](C)(C)C)C(O)CCCCCCCCCCCCCCCC. The second-order valence-corrected chi connectivity index (χ2v) is 16.0. The second-order valence-electron chi connectivity index (χ2n) is 14.6. The summed E-state index contributed by atoms with van der Waals surface area (Å²) in [6.45, 7) is 4.66. The molecule has 0 heterocycles. The Morgan fingerprint density at radius 1 is 0.723 bits per heavy atom. The van der Waals surface area contributed by atoms with E-state index < -0.39 is 20.0 Å². The molecule has 0 radical (unpaired) electrons. The molecule has 0 aliphatic heterocycles. The van der Waals surface area contributed by atoms with Crippen molar-refractivity contribution in [3.8, 4) is 0 Å². The van der Waals surface area contributed by atoms with E-state index in [4.69, 9.17) is 9.05 Å². The van der Waals surface area contributed by atoms with Crippen molar-refractivity contribution in [1.29, 1.82) is 0 Å². The van der Waals surface area contributed by atoms with Gasteiger partial charge in [-0.25, -0.2) is 0 Å². The highest BCUT2D eigenvalue weighted by Crippen LogP contribution is 2.38. The number of quaternary nitrogens is 1. The maximum Gasteiger partial charge on any atom is 0.268 e. The van der Waals surface area contributed by atoms with Gasteiger partial charge in [-0.2, -0.15) is 0 Å². The van der Waals surface area contributed by atoms with Crippen LogP contribution in [0.1, 0.15) is 174 Å². The van der Waals surface area contributed by atoms with Gasteiger partial charge < -0.3 is 28.8 Å². The number of allylic oxidation sites excluding steroid dienone is 2. The minimum atomic E-state index is -4.55. The first-order valence-electron chi connectivity index (χ1n) is 19.5. The van der Waals surface area contributed by atoms with Crippen LogP contribution in [0.25, 0.3) is 0 Å². The van der Waals surface area contributed by atoms with Crippen LogP contribution >= 0.6 is 7.82 Å². The van der Waals surface area contributed by atoms with Crippen LogP contribution < -0.4 is 10.2 Å². The average Bonchev–Trinajstić information content (AvgIpc) is 3.01. The summed E-state index contributed by atoms with van der Waals surface area (Å²) in [6.07, 6.45) is 32.1. The molecule has 1 amide bonds. The fourth-order valence-electron chi connectivity index (χ4n) is 5.55. The van der Waals surface area contributed by atoms with E-state index in [-0.39, 0.29) is 19.1 Å². The van der Waals surface area contributed by atoms with Crippen LogP contribution in [-0.2, 0) is 18.4 Å². The molecule has 8 nitrogen and oxygen atoms in total. The highest BCUT2D eigenvalue weighted by atomic mass is 31.2. The largest absolute Gasteiger partial charge is 0.756 e. The molecule has 0 fully saturated rings. The molecule has 3 atom stereocenters. The van der Waals surface area contributed by atoms with Gasteiger partial charge in [0.05, 0.1) is 39.9 Å². The third-order valence-corrected chi connectivity index (χ3v) is 9.72. The number of aliphatic hydroxyl groups is 1. The third-order valence-electron chi connectivity index (χ3n) is 8.75. The summed E-state index contributed by atoms with van der Waals surface area (Å²) < 4.78 is 23.1. The first kappa shape index (κ1) is 46.2. The number of phosphoric ester groups is 1. The van der Waals surface area contributed by atoms with Crippen molar-refractivity contribution in [2.75, 3.05) is 40.9 Å². The fourth-order valence-corrected chi connectivity index (χ4v) is 6.27. The summed E-state index contributed by atoms with van der Waals surface area (Å²) >= 11 is 0. The minimum absolute atomic E-state index is 0.0120. The number of hydrogen-bond acceptors (Lipinski definition) is 6. The van der Waals surface area contributed by atoms with Gasteiger partial charge in [0.1, 0.15) is 13.2 Å². The number of likely N-dealkylation sites (N-methyl/N-ethyl adjacent to an activating group) is 1. The van der Waals surface area contributed by atoms with Crippen molar-refractivity contribution >= 4 is 13.7 Å². The summed E-state index contributed by atoms with van der Waals surface area (Å²) in [7, 11) is 1.30. The van der Waals surface area contributed by atoms with Crippen LogP contribution in [0.3, 0.4) is 0 Å². The molecular formula is C38H77N2O6P. The number of phosphoric acid groups is 1. The molecule has 0 spiro atoms. The molecule has 0 saturated heterocycles. The number of unbranched alkanes of at least 4 members (excludes halogenated alkanes) is 20. The van der Waals surface area contributed by atoms with E-state index in [1.165, 1.54) is 96.3 Å². The first-order valence-corrected chi connectivity index (χ1v) is 21.0. The summed E-state index contributed by atoms with van der Waals surface area (Å²) in [5.74, 6) is -0.177. The quantitative estimate of drug-likeness (QED) is 0.0297. The van der Waals surface area contributed by atoms with E-state index in [9.17, 15) is 19.4 Å². The number of nitrogens with one attached hydrogen (secondary N) is 1. The van der Waals surface area contributed by atoms with E-state index in [0.717, 1.165) is 51.4 Å². The Hall–Kier alpha value is -0.760. The molecule has 0 aromatic heterocycles. The smallest absolute Gasteiger partial charge is 0.268 e. The number of carbonyl (C=O) groups is 1. The fraction of sp³-hybridized carbons (Fsp3) is 0.921. The van der Waals surface area contributed by atoms with Gasteiger partial charge in [0.15, 0.2) is 0 Å². The van der Waals surface area contributed by atoms with E-state index in [0.29, 0.717) is 23.9 Å². The van der Waals surface area contributed by atoms with Crippen molar-refractivity contribution < 1.29 is 32.9 Å². The van der Waals surface area contributed by atoms with Crippen molar-refractivity contribution in [3.05, 3.63) is 12.2 Å². The van der Waals surface area contributed by atoms with Crippen LogP contribution in [0.15, 0.2) is 12.2 Å². The summed E-state index contributed by atoms with van der Waals surface area (Å²) in [4.78, 5) is 25.1. The van der Waals surface area contributed by atoms with Crippen LogP contribution in [0.5, 0.6) is 0 Å². The highest BCUT2D eigenvalue weighted by molar-refractivity contribution is 7.45. The molecule has 3 unspecified atom stereocenters. The van der Waals surface area contributed by atoms with Crippen molar-refractivity contribution in [2.45, 2.75) is 187 Å². The Morgan fingerprint density at radius 2 is 1.19 bits per heavy atom. The lowest BCUT2D eigenvalue weighted by molar-refractivity contribution is -0.870. The van der Waals surface area contributed by atoms with Gasteiger partial charge in [-0.05, 0) is 32.1 Å². The minimum Gasteiger partial charge on any atom is -0.756 e. The normalized spacial score (nSPS) is 14.8. The maximum atomic E-state index is 12.8. The Bertz CT molecular complexity index is 789. The Kier molecular flexibility index (Phi) is 30.7. The van der Waals surface area contributed by atoms with E-state index in [1.807, 2.05) is 21.1 Å². The van der Waals surface area contributed by atoms with Crippen LogP contribution in [0.2, 0.25) is 0 Å². The molecule has 0 aromatic carbocycles. The third kappa shape index (κ3) is 33.5. The predicted octanol–water partition coefficient (Wildman–Crippen LogP) is 9.39. The lowest BCUT2D eigenvalue weighted by atomic mass is 10.0. The Balaban J connectivity index is 4.46. The second kappa shape index (κ2) is 31.2. The van der Waals surface area contributed by atoms with E-state index >= 15 is 0 Å². The van der Waals surface area contributed by atoms with Gasteiger partial charge in [0.25, 0.3) is 7.82 Å². The summed E-state index contributed by atoms with van der Waals surface area (Å²) in [6, 6.07) is -0.798. The lowest BCUT2D eigenvalue weighted by Gasteiger charge is -2.30. The average molecular weight is 689 g/mol. The first-order chi connectivity index (χ1) is 22.5. The number of amides is 1. The van der Waals surface area contributed by atoms with E-state index in [2.05, 4.69) is 31.3 Å². The number of aliphatic hydroxyl groups excluding tert-OH is 1. The predicted molar refractivity (Wildman–Crippen MR) is 196 cm³/mol. The van der Waals surface area contributed by atoms with Crippen LogP contribution in [-0.4, -0.2) is 68.5 Å². The zero-order valence-electron chi connectivity index (χ0n) is 31.5. The number of hydrogen-bond donors (Lipinski definition) is 2. The summed E-state index contributed by atoms with van der Waals surface area (Å²) in [5, 5.41) is 13.8. The molecule has 0 saturated carbocycles. The van der Waals surface area contributed by atoms with Crippen molar-refractivity contribution in [2.24, 2.45) is 0 Å². The van der Waals surface area contributed by atoms with Crippen LogP contribution in [0, 0.1) is 0 Å². The maximum absolute atomic E-state index is 12.8. The Labute approximate surface area is 291 Å². The lowest BCUT2D eigenvalue weighted by Crippen LogP contribution is -2.46. The number of nitrogens with zero attached hydrogens (tertiary/aromatic N) is 1. The highest BCUT2D eigenvalue weighted by Gasteiger charge is 2.24. The molecule has 47 heavy (non-hydrogen) atoms. The molecule has 0 rings (SSSR count). The van der Waals surface area contributed by atoms with Gasteiger partial charge in [0.2, 0.25) is 5.91 Å². The zero-order valence-corrected chi connectivity index (χ0v) is 32.4. The molecule has 9 heteroatoms. The molecule has 0 aliphatic carbocycles. The molecule has 2 N–H and O–H groups in total. The van der Waals surface area contributed by atoms with Gasteiger partial charge in [-0.3, -0.25) is 9.36 Å². The van der Waals surface area contributed by atoms with Gasteiger partial charge >= 0.3 is 0 Å². The van der Waals surface area contributed by atoms with Gasteiger partial charge in [-0.15, -0.1) is 0 Å². The van der Waals surface area contributed by atoms with Gasteiger partial charge in [0, 0.05) is 6.42 Å². The zero-order chi connectivity index (χ0) is 35.1. The van der Waals surface area contributed by atoms with Gasteiger partial charge in [-0.1, -0.05) is 148 Å². The summed E-state index contributed by atoms with van der Waals surface area (Å²) in [5.41, 5.74) is 0. The standard InChI is InChI=1S/C38H77N2O6P/c1-6-8-10-12-14-16-18-19-20-22-23-25-27-29-31-37(41)36(35-46-47(43,44)45-34-33-40(3,4)5)39-38(42)32-30-28-26-24-21-17-15-13-11-9-7-2/h13,15,36-37,41H,6-12,14,16-35H2,1-5H3,(H-,39,42,43,44)/b15-13-. The van der Waals surface area contributed by atoms with Crippen molar-refractivity contribution in [3.63, 3.8) is 0 Å². The van der Waals surface area contributed by atoms with Crippen LogP contribution in [0.4, 0.5) is 0 Å².